The van der Waals surface area contributed by atoms with Crippen LogP contribution in [0.25, 0.3) is 0 Å². The smallest absolute Gasteiger partial charge is 0.259 e. The van der Waals surface area contributed by atoms with Crippen molar-refractivity contribution in [2.24, 2.45) is 0 Å². The summed E-state index contributed by atoms with van der Waals surface area (Å²) in [6, 6.07) is 1.55. The summed E-state index contributed by atoms with van der Waals surface area (Å²) in [5.41, 5.74) is 0.361. The van der Waals surface area contributed by atoms with Gasteiger partial charge in [-0.25, -0.2) is 0 Å². The van der Waals surface area contributed by atoms with E-state index in [2.05, 4.69) is 6.58 Å². The second-order valence-corrected chi connectivity index (χ2v) is 3.48. The van der Waals surface area contributed by atoms with Gasteiger partial charge in [0.1, 0.15) is 0 Å². The first kappa shape index (κ1) is 12.8. The number of hydrogen-bond acceptors (Lipinski definition) is 3. The molecule has 16 heavy (non-hydrogen) atoms. The molecule has 0 radical (unpaired) electrons. The highest BCUT2D eigenvalue weighted by molar-refractivity contribution is 6.32. The van der Waals surface area contributed by atoms with Crippen LogP contribution in [0.4, 0.5) is 0 Å². The topological polar surface area (TPSA) is 42.7 Å². The number of methoxy groups -OCH3 is 1. The Morgan fingerprint density at radius 2 is 2.50 bits per heavy atom. The molecule has 88 valence electrons. The summed E-state index contributed by atoms with van der Waals surface area (Å²) < 4.78 is 9.81. The van der Waals surface area contributed by atoms with Gasteiger partial charge in [0.2, 0.25) is 5.22 Å². The number of amides is 1. The highest BCUT2D eigenvalue weighted by Crippen LogP contribution is 2.18. The lowest BCUT2D eigenvalue weighted by atomic mass is 10.3. The Morgan fingerprint density at radius 3 is 3.00 bits per heavy atom. The van der Waals surface area contributed by atoms with Crippen LogP contribution >= 0.6 is 11.6 Å². The van der Waals surface area contributed by atoms with E-state index in [1.807, 2.05) is 0 Å². The lowest BCUT2D eigenvalue weighted by Gasteiger charge is -2.19. The number of furan rings is 1. The molecule has 0 fully saturated rings. The maximum Gasteiger partial charge on any atom is 0.259 e. The molecule has 0 saturated heterocycles. The zero-order valence-corrected chi connectivity index (χ0v) is 9.87. The molecule has 0 aromatic carbocycles. The Hall–Kier alpha value is -1.26. The normalized spacial score (nSPS) is 10.1. The summed E-state index contributed by atoms with van der Waals surface area (Å²) in [4.78, 5) is 13.6. The minimum absolute atomic E-state index is 0.108. The third-order valence-corrected chi connectivity index (χ3v) is 2.34. The molecule has 0 aliphatic carbocycles. The van der Waals surface area contributed by atoms with Gasteiger partial charge in [0.05, 0.1) is 18.4 Å². The van der Waals surface area contributed by atoms with Crippen molar-refractivity contribution in [2.75, 3.05) is 26.8 Å². The third-order valence-electron chi connectivity index (χ3n) is 2.05. The van der Waals surface area contributed by atoms with Crippen molar-refractivity contribution in [3.05, 3.63) is 35.8 Å². The van der Waals surface area contributed by atoms with Crippen molar-refractivity contribution in [1.29, 1.82) is 0 Å². The largest absolute Gasteiger partial charge is 0.452 e. The van der Waals surface area contributed by atoms with Crippen molar-refractivity contribution in [3.8, 4) is 0 Å². The molecule has 0 aliphatic heterocycles. The van der Waals surface area contributed by atoms with Gasteiger partial charge in [0.25, 0.3) is 5.91 Å². The average Bonchev–Trinajstić information content (AvgIpc) is 2.69. The fourth-order valence-electron chi connectivity index (χ4n) is 1.25. The van der Waals surface area contributed by atoms with E-state index in [0.717, 1.165) is 0 Å². The number of nitrogens with zero attached hydrogens (tertiary/aromatic N) is 1. The highest BCUT2D eigenvalue weighted by Gasteiger charge is 2.18. The summed E-state index contributed by atoms with van der Waals surface area (Å²) in [5, 5.41) is 0.108. The van der Waals surface area contributed by atoms with Gasteiger partial charge in [0.15, 0.2) is 0 Å². The molecule has 4 nitrogen and oxygen atoms in total. The van der Waals surface area contributed by atoms with Crippen LogP contribution in [0.2, 0.25) is 5.22 Å². The van der Waals surface area contributed by atoms with Crippen LogP contribution in [-0.4, -0.2) is 37.6 Å². The maximum absolute atomic E-state index is 12.0. The predicted octanol–water partition coefficient (Wildman–Crippen LogP) is 2.21. The van der Waals surface area contributed by atoms with Crippen molar-refractivity contribution >= 4 is 17.5 Å². The Labute approximate surface area is 99.4 Å². The minimum Gasteiger partial charge on any atom is -0.452 e. The summed E-state index contributed by atoms with van der Waals surface area (Å²) in [6.45, 7) is 5.01. The van der Waals surface area contributed by atoms with Crippen LogP contribution in [-0.2, 0) is 4.74 Å². The second-order valence-electron chi connectivity index (χ2n) is 3.14. The molecule has 0 bridgehead atoms. The van der Waals surface area contributed by atoms with Gasteiger partial charge >= 0.3 is 0 Å². The van der Waals surface area contributed by atoms with Crippen LogP contribution in [0.15, 0.2) is 29.4 Å². The molecule has 1 heterocycles. The molecule has 1 aromatic heterocycles. The van der Waals surface area contributed by atoms with Gasteiger partial charge in [-0.2, -0.15) is 0 Å². The average molecular weight is 244 g/mol. The molecule has 0 atom stereocenters. The van der Waals surface area contributed by atoms with E-state index in [4.69, 9.17) is 20.8 Å². The number of hydrogen-bond donors (Lipinski definition) is 0. The SMILES string of the molecule is C=CCN(CCOC)C(=O)c1ccoc1Cl. The Balaban J connectivity index is 2.74. The summed E-state index contributed by atoms with van der Waals surface area (Å²) in [7, 11) is 1.58. The monoisotopic (exact) mass is 243 g/mol. The van der Waals surface area contributed by atoms with Crippen molar-refractivity contribution < 1.29 is 13.9 Å². The Kier molecular flexibility index (Phi) is 5.08. The summed E-state index contributed by atoms with van der Waals surface area (Å²) in [6.07, 6.45) is 3.04. The van der Waals surface area contributed by atoms with E-state index in [9.17, 15) is 4.79 Å². The Morgan fingerprint density at radius 1 is 1.75 bits per heavy atom. The molecule has 1 rings (SSSR count). The van der Waals surface area contributed by atoms with Crippen LogP contribution in [0, 0.1) is 0 Å². The van der Waals surface area contributed by atoms with Crippen molar-refractivity contribution in [1.82, 2.24) is 4.90 Å². The molecular formula is C11H14ClNO3. The van der Waals surface area contributed by atoms with Crippen LogP contribution < -0.4 is 0 Å². The van der Waals surface area contributed by atoms with E-state index in [1.165, 1.54) is 6.26 Å². The second kappa shape index (κ2) is 6.35. The quantitative estimate of drug-likeness (QED) is 0.720. The zero-order valence-electron chi connectivity index (χ0n) is 9.11. The van der Waals surface area contributed by atoms with Gasteiger partial charge in [-0.3, -0.25) is 4.79 Å². The predicted molar refractivity (Wildman–Crippen MR) is 61.7 cm³/mol. The lowest BCUT2D eigenvalue weighted by Crippen LogP contribution is -2.33. The molecule has 1 aromatic rings. The van der Waals surface area contributed by atoms with Gasteiger partial charge in [0, 0.05) is 20.2 Å². The molecule has 0 aliphatic rings. The van der Waals surface area contributed by atoms with Crippen LogP contribution in [0.3, 0.4) is 0 Å². The molecule has 0 saturated carbocycles. The van der Waals surface area contributed by atoms with E-state index >= 15 is 0 Å². The first-order chi connectivity index (χ1) is 7.70. The fraction of sp³-hybridized carbons (Fsp3) is 0.364. The fourth-order valence-corrected chi connectivity index (χ4v) is 1.44. The van der Waals surface area contributed by atoms with E-state index in [1.54, 1.807) is 24.2 Å². The molecule has 5 heteroatoms. The minimum atomic E-state index is -0.185. The molecule has 0 unspecified atom stereocenters. The maximum atomic E-state index is 12.0. The first-order valence-electron chi connectivity index (χ1n) is 4.82. The van der Waals surface area contributed by atoms with E-state index < -0.39 is 0 Å². The van der Waals surface area contributed by atoms with Gasteiger partial charge in [-0.15, -0.1) is 6.58 Å². The van der Waals surface area contributed by atoms with Crippen LogP contribution in [0.5, 0.6) is 0 Å². The van der Waals surface area contributed by atoms with E-state index in [-0.39, 0.29) is 11.1 Å². The number of carbonyl (C=O) groups excluding carboxylic acids is 1. The van der Waals surface area contributed by atoms with Crippen molar-refractivity contribution in [3.63, 3.8) is 0 Å². The number of ether oxygens (including phenoxy) is 1. The first-order valence-corrected chi connectivity index (χ1v) is 5.20. The molecule has 0 N–H and O–H groups in total. The third kappa shape index (κ3) is 3.12. The standard InChI is InChI=1S/C11H14ClNO3/c1-3-5-13(6-8-15-2)11(14)9-4-7-16-10(9)12/h3-4,7H,1,5-6,8H2,2H3. The number of halogens is 1. The van der Waals surface area contributed by atoms with Crippen LogP contribution in [0.1, 0.15) is 10.4 Å². The van der Waals surface area contributed by atoms with Gasteiger partial charge in [-0.05, 0) is 17.7 Å². The zero-order chi connectivity index (χ0) is 12.0. The highest BCUT2D eigenvalue weighted by atomic mass is 35.5. The molecule has 1 amide bonds. The summed E-state index contributed by atoms with van der Waals surface area (Å²) in [5.74, 6) is -0.185. The number of carbonyl (C=O) groups is 1. The van der Waals surface area contributed by atoms with Gasteiger partial charge in [-0.1, -0.05) is 6.08 Å². The molecular weight excluding hydrogens is 230 g/mol. The number of rotatable bonds is 6. The molecule has 0 spiro atoms. The van der Waals surface area contributed by atoms with E-state index in [0.29, 0.717) is 25.3 Å². The Bertz CT molecular complexity index is 362. The van der Waals surface area contributed by atoms with Crippen molar-refractivity contribution in [2.45, 2.75) is 0 Å². The summed E-state index contributed by atoms with van der Waals surface area (Å²) >= 11 is 5.74. The lowest BCUT2D eigenvalue weighted by molar-refractivity contribution is 0.0717. The van der Waals surface area contributed by atoms with Gasteiger partial charge < -0.3 is 14.1 Å².